The van der Waals surface area contributed by atoms with Gasteiger partial charge in [-0.2, -0.15) is 0 Å². The summed E-state index contributed by atoms with van der Waals surface area (Å²) in [6.45, 7) is 4.05. The molecule has 1 aromatic heterocycles. The molecule has 1 aliphatic carbocycles. The predicted molar refractivity (Wildman–Crippen MR) is 111 cm³/mol. The van der Waals surface area contributed by atoms with Crippen molar-refractivity contribution < 1.29 is 9.59 Å². The van der Waals surface area contributed by atoms with E-state index >= 15 is 0 Å². The Morgan fingerprint density at radius 3 is 2.28 bits per heavy atom. The topological polar surface area (TPSA) is 58.4 Å². The number of likely N-dealkylation sites (tertiary alicyclic amines) is 1. The molecule has 1 aliphatic heterocycles. The number of aryl methyl sites for hydroxylation is 1. The lowest BCUT2D eigenvalue weighted by Crippen LogP contribution is -2.37. The first-order chi connectivity index (χ1) is 14.0. The first kappa shape index (κ1) is 19.7. The molecular weight excluding hydrogens is 364 g/mol. The zero-order chi connectivity index (χ0) is 20.4. The molecule has 4 rings (SSSR count). The molecule has 0 atom stereocenters. The Bertz CT molecular complexity index is 861. The highest BCUT2D eigenvalue weighted by Gasteiger charge is 2.33. The van der Waals surface area contributed by atoms with Gasteiger partial charge in [0.2, 0.25) is 5.91 Å². The minimum atomic E-state index is 0.0226. The van der Waals surface area contributed by atoms with Crippen LogP contribution in [0.25, 0.3) is 0 Å². The Hall–Kier alpha value is -2.63. The molecule has 1 aromatic carbocycles. The fraction of sp³-hybridized carbons (Fsp3) is 0.522. The van der Waals surface area contributed by atoms with Crippen molar-refractivity contribution in [2.45, 2.75) is 51.6 Å². The molecule has 6 nitrogen and oxygen atoms in total. The molecule has 0 bridgehead atoms. The van der Waals surface area contributed by atoms with Crippen LogP contribution < -0.4 is 0 Å². The average Bonchev–Trinajstić information content (AvgIpc) is 3.47. The number of benzene rings is 1. The Morgan fingerprint density at radius 2 is 1.72 bits per heavy atom. The first-order valence-corrected chi connectivity index (χ1v) is 10.6. The zero-order valence-corrected chi connectivity index (χ0v) is 17.4. The van der Waals surface area contributed by atoms with Crippen LogP contribution in [0.15, 0.2) is 36.8 Å². The lowest BCUT2D eigenvalue weighted by Gasteiger charge is -2.31. The van der Waals surface area contributed by atoms with Crippen LogP contribution in [0, 0.1) is 5.92 Å². The van der Waals surface area contributed by atoms with E-state index in [0.29, 0.717) is 24.2 Å². The lowest BCUT2D eigenvalue weighted by atomic mass is 9.90. The number of carbonyl (C=O) groups is 2. The molecule has 6 heteroatoms. The Labute approximate surface area is 172 Å². The maximum absolute atomic E-state index is 12.9. The number of aromatic nitrogens is 2. The Balaban J connectivity index is 1.35. The second-order valence-corrected chi connectivity index (χ2v) is 8.56. The molecule has 2 fully saturated rings. The van der Waals surface area contributed by atoms with Crippen molar-refractivity contribution in [3.05, 3.63) is 53.6 Å². The summed E-state index contributed by atoms with van der Waals surface area (Å²) in [6.07, 6.45) is 8.84. The van der Waals surface area contributed by atoms with Crippen LogP contribution in [0.2, 0.25) is 0 Å². The molecular formula is C23H30N4O2. The SMILES string of the molecule is CC(=O)N1CCC(Cc2ccc(CN(C(=O)c3cn(C)cn3)C3CC3)cc2)CC1. The lowest BCUT2D eigenvalue weighted by molar-refractivity contribution is -0.130. The van der Waals surface area contributed by atoms with Crippen LogP contribution in [-0.4, -0.2) is 50.3 Å². The van der Waals surface area contributed by atoms with E-state index in [1.165, 1.54) is 5.56 Å². The van der Waals surface area contributed by atoms with Gasteiger partial charge in [0.15, 0.2) is 0 Å². The number of piperidine rings is 1. The van der Waals surface area contributed by atoms with Gasteiger partial charge in [0, 0.05) is 45.8 Å². The zero-order valence-electron chi connectivity index (χ0n) is 17.4. The van der Waals surface area contributed by atoms with E-state index in [1.807, 2.05) is 21.4 Å². The summed E-state index contributed by atoms with van der Waals surface area (Å²) in [7, 11) is 1.88. The predicted octanol–water partition coefficient (Wildman–Crippen LogP) is 3.03. The number of imidazole rings is 1. The van der Waals surface area contributed by atoms with E-state index in [9.17, 15) is 9.59 Å². The number of rotatable bonds is 6. The van der Waals surface area contributed by atoms with Gasteiger partial charge in [-0.05, 0) is 49.1 Å². The van der Waals surface area contributed by atoms with E-state index in [0.717, 1.165) is 50.8 Å². The molecule has 1 saturated heterocycles. The van der Waals surface area contributed by atoms with Gasteiger partial charge in [0.05, 0.1) is 6.33 Å². The third kappa shape index (κ3) is 4.86. The average molecular weight is 395 g/mol. The van der Waals surface area contributed by atoms with Crippen LogP contribution in [0.3, 0.4) is 0 Å². The van der Waals surface area contributed by atoms with E-state index in [2.05, 4.69) is 29.2 Å². The summed E-state index contributed by atoms with van der Waals surface area (Å²) in [6, 6.07) is 9.05. The highest BCUT2D eigenvalue weighted by Crippen LogP contribution is 2.30. The third-order valence-corrected chi connectivity index (χ3v) is 6.13. The van der Waals surface area contributed by atoms with E-state index in [4.69, 9.17) is 0 Å². The molecule has 2 aromatic rings. The third-order valence-electron chi connectivity index (χ3n) is 6.13. The second kappa shape index (κ2) is 8.39. The second-order valence-electron chi connectivity index (χ2n) is 8.56. The fourth-order valence-corrected chi connectivity index (χ4v) is 4.19. The molecule has 2 aliphatic rings. The largest absolute Gasteiger partial charge is 0.343 e. The van der Waals surface area contributed by atoms with Crippen LogP contribution in [0.1, 0.15) is 54.2 Å². The molecule has 154 valence electrons. The van der Waals surface area contributed by atoms with Crippen LogP contribution in [0.4, 0.5) is 0 Å². The first-order valence-electron chi connectivity index (χ1n) is 10.6. The van der Waals surface area contributed by atoms with Gasteiger partial charge in [0.1, 0.15) is 5.69 Å². The summed E-state index contributed by atoms with van der Waals surface area (Å²) >= 11 is 0. The Morgan fingerprint density at radius 1 is 1.07 bits per heavy atom. The maximum atomic E-state index is 12.9. The van der Waals surface area contributed by atoms with Crippen molar-refractivity contribution in [3.8, 4) is 0 Å². The molecule has 2 amide bonds. The number of hydrogen-bond donors (Lipinski definition) is 0. The van der Waals surface area contributed by atoms with Crippen LogP contribution in [0.5, 0.6) is 0 Å². The maximum Gasteiger partial charge on any atom is 0.274 e. The Kier molecular flexibility index (Phi) is 5.69. The molecule has 0 N–H and O–H groups in total. The number of amides is 2. The smallest absolute Gasteiger partial charge is 0.274 e. The summed E-state index contributed by atoms with van der Waals surface area (Å²) < 4.78 is 1.81. The quantitative estimate of drug-likeness (QED) is 0.757. The highest BCUT2D eigenvalue weighted by atomic mass is 16.2. The van der Waals surface area contributed by atoms with Crippen molar-refractivity contribution in [2.75, 3.05) is 13.1 Å². The summed E-state index contributed by atoms with van der Waals surface area (Å²) in [5.74, 6) is 0.854. The monoisotopic (exact) mass is 394 g/mol. The molecule has 0 spiro atoms. The normalized spacial score (nSPS) is 17.4. The molecule has 2 heterocycles. The minimum absolute atomic E-state index is 0.0226. The van der Waals surface area contributed by atoms with Crippen molar-refractivity contribution in [2.24, 2.45) is 13.0 Å². The molecule has 29 heavy (non-hydrogen) atoms. The molecule has 1 saturated carbocycles. The van der Waals surface area contributed by atoms with Crippen molar-refractivity contribution in [1.29, 1.82) is 0 Å². The van der Waals surface area contributed by atoms with Gasteiger partial charge in [-0.15, -0.1) is 0 Å². The van der Waals surface area contributed by atoms with Crippen molar-refractivity contribution in [3.63, 3.8) is 0 Å². The summed E-state index contributed by atoms with van der Waals surface area (Å²) in [5, 5.41) is 0. The van der Waals surface area contributed by atoms with Crippen molar-refractivity contribution in [1.82, 2.24) is 19.4 Å². The van der Waals surface area contributed by atoms with Gasteiger partial charge < -0.3 is 14.4 Å². The molecule has 0 unspecified atom stereocenters. The van der Waals surface area contributed by atoms with Crippen LogP contribution in [-0.2, 0) is 24.8 Å². The fourth-order valence-electron chi connectivity index (χ4n) is 4.19. The van der Waals surface area contributed by atoms with Crippen LogP contribution >= 0.6 is 0 Å². The van der Waals surface area contributed by atoms with E-state index in [1.54, 1.807) is 19.4 Å². The van der Waals surface area contributed by atoms with Gasteiger partial charge in [-0.1, -0.05) is 24.3 Å². The summed E-state index contributed by atoms with van der Waals surface area (Å²) in [4.78, 5) is 32.5. The van der Waals surface area contributed by atoms with Crippen molar-refractivity contribution >= 4 is 11.8 Å². The van der Waals surface area contributed by atoms with Gasteiger partial charge in [-0.25, -0.2) is 4.98 Å². The van der Waals surface area contributed by atoms with Gasteiger partial charge in [0.25, 0.3) is 5.91 Å². The standard InChI is InChI=1S/C23H30N4O2/c1-17(28)26-11-9-19(10-12-26)13-18-3-5-20(6-4-18)14-27(21-7-8-21)23(29)22-15-25(2)16-24-22/h3-6,15-16,19,21H,7-14H2,1-2H3. The van der Waals surface area contributed by atoms with E-state index < -0.39 is 0 Å². The number of nitrogens with zero attached hydrogens (tertiary/aromatic N) is 4. The highest BCUT2D eigenvalue weighted by molar-refractivity contribution is 5.92. The van der Waals surface area contributed by atoms with E-state index in [-0.39, 0.29) is 11.8 Å². The van der Waals surface area contributed by atoms with Gasteiger partial charge in [-0.3, -0.25) is 9.59 Å². The minimum Gasteiger partial charge on any atom is -0.343 e. The molecule has 0 radical (unpaired) electrons. The van der Waals surface area contributed by atoms with Gasteiger partial charge >= 0.3 is 0 Å². The number of hydrogen-bond acceptors (Lipinski definition) is 3. The number of carbonyl (C=O) groups excluding carboxylic acids is 2. The summed E-state index contributed by atoms with van der Waals surface area (Å²) in [5.41, 5.74) is 3.02.